The largest absolute Gasteiger partial charge is 0.324 e. The Morgan fingerprint density at radius 2 is 2.09 bits per heavy atom. The Balaban J connectivity index is 1.68. The predicted octanol–water partition coefficient (Wildman–Crippen LogP) is 5.36. The smallest absolute Gasteiger partial charge is 0.230 e. The minimum absolute atomic E-state index is 0.175. The lowest BCUT2D eigenvalue weighted by Crippen LogP contribution is -2.14. The van der Waals surface area contributed by atoms with E-state index in [4.69, 9.17) is 23.2 Å². The maximum absolute atomic E-state index is 12.1. The van der Waals surface area contributed by atoms with Crippen LogP contribution in [0.3, 0.4) is 0 Å². The molecule has 0 aliphatic rings. The Labute approximate surface area is 145 Å². The third-order valence-electron chi connectivity index (χ3n) is 2.86. The van der Waals surface area contributed by atoms with Gasteiger partial charge in [0.2, 0.25) is 5.91 Å². The number of aromatic nitrogens is 1. The van der Waals surface area contributed by atoms with Gasteiger partial charge in [0.15, 0.2) is 0 Å². The molecule has 2 aromatic heterocycles. The lowest BCUT2D eigenvalue weighted by molar-refractivity contribution is -0.115. The summed E-state index contributed by atoms with van der Waals surface area (Å²) in [5.41, 5.74) is 2.33. The number of nitrogens with zero attached hydrogens (tertiary/aromatic N) is 1. The Morgan fingerprint density at radius 1 is 1.23 bits per heavy atom. The molecule has 0 saturated heterocycles. The number of thiazole rings is 1. The standard InChI is InChI=1S/C15H10Cl2N2OS2/c16-10-1-2-12(17)13(5-10)19-14(20)6-11-8-22-15(18-11)9-3-4-21-7-9/h1-5,7-8H,6H2,(H,19,20). The number of nitrogens with one attached hydrogen (secondary N) is 1. The summed E-state index contributed by atoms with van der Waals surface area (Å²) in [6.45, 7) is 0. The summed E-state index contributed by atoms with van der Waals surface area (Å²) in [7, 11) is 0. The lowest BCUT2D eigenvalue weighted by Gasteiger charge is -2.06. The minimum Gasteiger partial charge on any atom is -0.324 e. The first-order valence-corrected chi connectivity index (χ1v) is 8.91. The first kappa shape index (κ1) is 15.5. The first-order valence-electron chi connectivity index (χ1n) is 6.34. The van der Waals surface area contributed by atoms with Gasteiger partial charge in [-0.2, -0.15) is 11.3 Å². The van der Waals surface area contributed by atoms with Crippen LogP contribution in [0.25, 0.3) is 10.6 Å². The minimum atomic E-state index is -0.175. The van der Waals surface area contributed by atoms with Crippen molar-refractivity contribution < 1.29 is 4.79 Å². The van der Waals surface area contributed by atoms with Crippen LogP contribution in [0.4, 0.5) is 5.69 Å². The highest BCUT2D eigenvalue weighted by Crippen LogP contribution is 2.27. The highest BCUT2D eigenvalue weighted by atomic mass is 35.5. The number of thiophene rings is 1. The van der Waals surface area contributed by atoms with Gasteiger partial charge < -0.3 is 5.32 Å². The number of hydrogen-bond acceptors (Lipinski definition) is 4. The fraction of sp³-hybridized carbons (Fsp3) is 0.0667. The van der Waals surface area contributed by atoms with Crippen molar-refractivity contribution in [2.24, 2.45) is 0 Å². The number of halogens is 2. The SMILES string of the molecule is O=C(Cc1csc(-c2ccsc2)n1)Nc1cc(Cl)ccc1Cl. The van der Waals surface area contributed by atoms with E-state index in [0.29, 0.717) is 15.7 Å². The summed E-state index contributed by atoms with van der Waals surface area (Å²) >= 11 is 15.1. The number of anilines is 1. The van der Waals surface area contributed by atoms with E-state index in [1.165, 1.54) is 11.3 Å². The van der Waals surface area contributed by atoms with E-state index in [9.17, 15) is 4.79 Å². The molecule has 0 unspecified atom stereocenters. The predicted molar refractivity (Wildman–Crippen MR) is 94.2 cm³/mol. The van der Waals surface area contributed by atoms with Crippen molar-refractivity contribution in [2.75, 3.05) is 5.32 Å². The number of carbonyl (C=O) groups excluding carboxylic acids is 1. The molecule has 0 saturated carbocycles. The molecule has 1 amide bonds. The fourth-order valence-electron chi connectivity index (χ4n) is 1.86. The van der Waals surface area contributed by atoms with E-state index in [1.54, 1.807) is 29.5 Å². The van der Waals surface area contributed by atoms with Gasteiger partial charge in [0.05, 0.1) is 22.8 Å². The van der Waals surface area contributed by atoms with Crippen LogP contribution in [0.1, 0.15) is 5.69 Å². The molecular weight excluding hydrogens is 359 g/mol. The van der Waals surface area contributed by atoms with Crippen molar-refractivity contribution in [2.45, 2.75) is 6.42 Å². The molecule has 3 rings (SSSR count). The van der Waals surface area contributed by atoms with E-state index in [1.807, 2.05) is 22.2 Å². The lowest BCUT2D eigenvalue weighted by atomic mass is 10.2. The quantitative estimate of drug-likeness (QED) is 0.673. The normalized spacial score (nSPS) is 10.6. The average molecular weight is 369 g/mol. The van der Waals surface area contributed by atoms with E-state index in [-0.39, 0.29) is 12.3 Å². The molecule has 22 heavy (non-hydrogen) atoms. The third-order valence-corrected chi connectivity index (χ3v) is 5.05. The molecular formula is C15H10Cl2N2OS2. The van der Waals surface area contributed by atoms with Gasteiger partial charge in [0.1, 0.15) is 5.01 Å². The molecule has 0 fully saturated rings. The van der Waals surface area contributed by atoms with Crippen LogP contribution in [-0.2, 0) is 11.2 Å². The molecule has 3 aromatic rings. The van der Waals surface area contributed by atoms with Crippen LogP contribution < -0.4 is 5.32 Å². The third kappa shape index (κ3) is 3.67. The topological polar surface area (TPSA) is 42.0 Å². The maximum Gasteiger partial charge on any atom is 0.230 e. The molecule has 1 aromatic carbocycles. The molecule has 2 heterocycles. The Bertz CT molecular complexity index is 800. The van der Waals surface area contributed by atoms with Crippen molar-refractivity contribution in [3.63, 3.8) is 0 Å². The highest BCUT2D eigenvalue weighted by Gasteiger charge is 2.11. The molecule has 7 heteroatoms. The van der Waals surface area contributed by atoms with Crippen molar-refractivity contribution in [1.29, 1.82) is 0 Å². The van der Waals surface area contributed by atoms with Gasteiger partial charge >= 0.3 is 0 Å². The van der Waals surface area contributed by atoms with Gasteiger partial charge in [-0.05, 0) is 29.6 Å². The van der Waals surface area contributed by atoms with Gasteiger partial charge in [-0.25, -0.2) is 4.98 Å². The summed E-state index contributed by atoms with van der Waals surface area (Å²) in [4.78, 5) is 16.6. The number of benzene rings is 1. The average Bonchev–Trinajstić information content (AvgIpc) is 3.13. The zero-order valence-corrected chi connectivity index (χ0v) is 14.3. The maximum atomic E-state index is 12.1. The van der Waals surface area contributed by atoms with Crippen LogP contribution in [0.2, 0.25) is 10.0 Å². The van der Waals surface area contributed by atoms with Gasteiger partial charge in [-0.15, -0.1) is 11.3 Å². The molecule has 1 N–H and O–H groups in total. The summed E-state index contributed by atoms with van der Waals surface area (Å²) in [5, 5.41) is 10.6. The van der Waals surface area contributed by atoms with E-state index < -0.39 is 0 Å². The molecule has 0 radical (unpaired) electrons. The van der Waals surface area contributed by atoms with Crippen LogP contribution in [0.15, 0.2) is 40.4 Å². The van der Waals surface area contributed by atoms with Crippen molar-refractivity contribution in [3.8, 4) is 10.6 Å². The second kappa shape index (κ2) is 6.79. The van der Waals surface area contributed by atoms with Gasteiger partial charge in [0.25, 0.3) is 0 Å². The Kier molecular flexibility index (Phi) is 4.78. The summed E-state index contributed by atoms with van der Waals surface area (Å²) in [6.07, 6.45) is 0.198. The molecule has 3 nitrogen and oxygen atoms in total. The zero-order valence-electron chi connectivity index (χ0n) is 11.2. The van der Waals surface area contributed by atoms with Crippen LogP contribution in [-0.4, -0.2) is 10.9 Å². The summed E-state index contributed by atoms with van der Waals surface area (Å²) in [6, 6.07) is 6.96. The van der Waals surface area contributed by atoms with Crippen molar-refractivity contribution in [1.82, 2.24) is 4.98 Å². The monoisotopic (exact) mass is 368 g/mol. The van der Waals surface area contributed by atoms with Crippen LogP contribution in [0.5, 0.6) is 0 Å². The van der Waals surface area contributed by atoms with Crippen molar-refractivity contribution in [3.05, 3.63) is 56.1 Å². The van der Waals surface area contributed by atoms with Crippen LogP contribution >= 0.6 is 45.9 Å². The van der Waals surface area contributed by atoms with Gasteiger partial charge in [-0.1, -0.05) is 23.2 Å². The second-order valence-electron chi connectivity index (χ2n) is 4.51. The summed E-state index contributed by atoms with van der Waals surface area (Å²) in [5.74, 6) is -0.175. The second-order valence-corrected chi connectivity index (χ2v) is 6.99. The van der Waals surface area contributed by atoms with E-state index >= 15 is 0 Å². The van der Waals surface area contributed by atoms with Crippen LogP contribution in [0, 0.1) is 0 Å². The number of carbonyl (C=O) groups is 1. The zero-order chi connectivity index (χ0) is 15.5. The summed E-state index contributed by atoms with van der Waals surface area (Å²) < 4.78 is 0. The Hall–Kier alpha value is -1.40. The molecule has 0 bridgehead atoms. The van der Waals surface area contributed by atoms with Gasteiger partial charge in [0, 0.05) is 21.3 Å². The first-order chi connectivity index (χ1) is 10.6. The van der Waals surface area contributed by atoms with Gasteiger partial charge in [-0.3, -0.25) is 4.79 Å². The fourth-order valence-corrected chi connectivity index (χ4v) is 3.73. The van der Waals surface area contributed by atoms with Crippen molar-refractivity contribution >= 4 is 57.5 Å². The van der Waals surface area contributed by atoms with E-state index in [0.717, 1.165) is 16.3 Å². The molecule has 0 aliphatic carbocycles. The molecule has 0 spiro atoms. The molecule has 112 valence electrons. The molecule has 0 atom stereocenters. The highest BCUT2D eigenvalue weighted by molar-refractivity contribution is 7.14. The number of hydrogen-bond donors (Lipinski definition) is 1. The Morgan fingerprint density at radius 3 is 2.86 bits per heavy atom. The number of amides is 1. The number of rotatable bonds is 4. The molecule has 0 aliphatic heterocycles. The van der Waals surface area contributed by atoms with E-state index in [2.05, 4.69) is 10.3 Å².